The number of rotatable bonds is 1. The number of ether oxygens (including phenoxy) is 1. The smallest absolute Gasteiger partial charge is 0.142 e. The number of benzene rings is 1. The molecule has 1 aliphatic heterocycles. The molecule has 1 heterocycles. The van der Waals surface area contributed by atoms with Gasteiger partial charge in [-0.15, -0.1) is 0 Å². The van der Waals surface area contributed by atoms with Gasteiger partial charge >= 0.3 is 0 Å². The molecular formula is C12H17NO. The Morgan fingerprint density at radius 1 is 1.36 bits per heavy atom. The third-order valence-corrected chi connectivity index (χ3v) is 2.71. The maximum Gasteiger partial charge on any atom is 0.142 e. The van der Waals surface area contributed by atoms with Crippen LogP contribution in [0.5, 0.6) is 5.75 Å². The second kappa shape index (κ2) is 3.62. The zero-order valence-electron chi connectivity index (χ0n) is 9.08. The van der Waals surface area contributed by atoms with Crippen LogP contribution in [0.4, 0.5) is 0 Å². The molecule has 0 spiro atoms. The standard InChI is InChI=1S/C12H17NO/c1-9(2)13-7-11-5-4-10(3)6-12(11)14-8-13/h4-6,9H,7-8H2,1-3H3. The Balaban J connectivity index is 2.23. The summed E-state index contributed by atoms with van der Waals surface area (Å²) >= 11 is 0. The lowest BCUT2D eigenvalue weighted by atomic mass is 10.1. The summed E-state index contributed by atoms with van der Waals surface area (Å²) in [6.45, 7) is 8.21. The van der Waals surface area contributed by atoms with Crippen molar-refractivity contribution in [3.05, 3.63) is 29.3 Å². The fourth-order valence-corrected chi connectivity index (χ4v) is 1.68. The van der Waals surface area contributed by atoms with Crippen LogP contribution in [0.15, 0.2) is 18.2 Å². The van der Waals surface area contributed by atoms with Gasteiger partial charge < -0.3 is 4.74 Å². The number of hydrogen-bond donors (Lipinski definition) is 0. The van der Waals surface area contributed by atoms with Gasteiger partial charge in [-0.3, -0.25) is 4.90 Å². The SMILES string of the molecule is Cc1ccc2c(c1)OCN(C(C)C)C2. The van der Waals surface area contributed by atoms with Crippen LogP contribution in [0.25, 0.3) is 0 Å². The summed E-state index contributed by atoms with van der Waals surface area (Å²) in [5, 5.41) is 0. The number of aryl methyl sites for hydroxylation is 1. The molecule has 76 valence electrons. The molecule has 0 saturated carbocycles. The maximum atomic E-state index is 5.70. The molecule has 0 saturated heterocycles. The van der Waals surface area contributed by atoms with E-state index in [2.05, 4.69) is 43.9 Å². The molecule has 0 aromatic heterocycles. The van der Waals surface area contributed by atoms with Crippen molar-refractivity contribution in [2.24, 2.45) is 0 Å². The van der Waals surface area contributed by atoms with Gasteiger partial charge in [0.2, 0.25) is 0 Å². The first-order valence-corrected chi connectivity index (χ1v) is 5.13. The molecule has 0 N–H and O–H groups in total. The van der Waals surface area contributed by atoms with E-state index in [1.807, 2.05) is 0 Å². The van der Waals surface area contributed by atoms with Gasteiger partial charge in [0.1, 0.15) is 12.5 Å². The van der Waals surface area contributed by atoms with Crippen molar-refractivity contribution in [1.29, 1.82) is 0 Å². The molecule has 0 amide bonds. The Morgan fingerprint density at radius 3 is 2.86 bits per heavy atom. The highest BCUT2D eigenvalue weighted by Crippen LogP contribution is 2.26. The fourth-order valence-electron chi connectivity index (χ4n) is 1.68. The van der Waals surface area contributed by atoms with Crippen molar-refractivity contribution in [2.75, 3.05) is 6.73 Å². The first-order valence-electron chi connectivity index (χ1n) is 5.13. The van der Waals surface area contributed by atoms with E-state index >= 15 is 0 Å². The summed E-state index contributed by atoms with van der Waals surface area (Å²) < 4.78 is 5.70. The van der Waals surface area contributed by atoms with E-state index in [1.54, 1.807) is 0 Å². The molecule has 0 atom stereocenters. The molecule has 0 fully saturated rings. The van der Waals surface area contributed by atoms with Gasteiger partial charge in [-0.1, -0.05) is 12.1 Å². The topological polar surface area (TPSA) is 12.5 Å². The number of nitrogens with zero attached hydrogens (tertiary/aromatic N) is 1. The van der Waals surface area contributed by atoms with Crippen LogP contribution in [0.3, 0.4) is 0 Å². The predicted molar refractivity (Wildman–Crippen MR) is 57.4 cm³/mol. The summed E-state index contributed by atoms with van der Waals surface area (Å²) in [6, 6.07) is 6.97. The van der Waals surface area contributed by atoms with Gasteiger partial charge in [0, 0.05) is 18.2 Å². The minimum atomic E-state index is 0.546. The third kappa shape index (κ3) is 1.75. The zero-order valence-corrected chi connectivity index (χ0v) is 9.08. The average Bonchev–Trinajstić information content (AvgIpc) is 2.16. The highest BCUT2D eigenvalue weighted by atomic mass is 16.5. The van der Waals surface area contributed by atoms with Crippen molar-refractivity contribution in [2.45, 2.75) is 33.4 Å². The van der Waals surface area contributed by atoms with E-state index in [9.17, 15) is 0 Å². The van der Waals surface area contributed by atoms with Crippen LogP contribution in [-0.4, -0.2) is 17.7 Å². The Labute approximate surface area is 85.5 Å². The first-order chi connectivity index (χ1) is 6.66. The van der Waals surface area contributed by atoms with E-state index in [1.165, 1.54) is 11.1 Å². The first kappa shape index (κ1) is 9.53. The summed E-state index contributed by atoms with van der Waals surface area (Å²) in [5.41, 5.74) is 2.57. The zero-order chi connectivity index (χ0) is 10.1. The summed E-state index contributed by atoms with van der Waals surface area (Å²) in [6.07, 6.45) is 0. The third-order valence-electron chi connectivity index (χ3n) is 2.71. The fraction of sp³-hybridized carbons (Fsp3) is 0.500. The van der Waals surface area contributed by atoms with Crippen LogP contribution in [0.2, 0.25) is 0 Å². The Kier molecular flexibility index (Phi) is 2.46. The van der Waals surface area contributed by atoms with Crippen LogP contribution in [-0.2, 0) is 6.54 Å². The van der Waals surface area contributed by atoms with Crippen LogP contribution in [0.1, 0.15) is 25.0 Å². The molecule has 1 aliphatic rings. The minimum absolute atomic E-state index is 0.546. The van der Waals surface area contributed by atoms with Gasteiger partial charge in [0.05, 0.1) is 0 Å². The van der Waals surface area contributed by atoms with E-state index in [0.717, 1.165) is 12.3 Å². The lowest BCUT2D eigenvalue weighted by Gasteiger charge is -2.31. The van der Waals surface area contributed by atoms with E-state index in [-0.39, 0.29) is 0 Å². The average molecular weight is 191 g/mol. The highest BCUT2D eigenvalue weighted by molar-refractivity contribution is 5.38. The molecular weight excluding hydrogens is 174 g/mol. The minimum Gasteiger partial charge on any atom is -0.478 e. The lowest BCUT2D eigenvalue weighted by molar-refractivity contribution is 0.0686. The molecule has 2 rings (SSSR count). The number of fused-ring (bicyclic) bond motifs is 1. The van der Waals surface area contributed by atoms with Gasteiger partial charge in [-0.2, -0.15) is 0 Å². The van der Waals surface area contributed by atoms with E-state index in [0.29, 0.717) is 12.8 Å². The van der Waals surface area contributed by atoms with Crippen LogP contribution in [0, 0.1) is 6.92 Å². The summed E-state index contributed by atoms with van der Waals surface area (Å²) in [7, 11) is 0. The molecule has 0 bridgehead atoms. The second-order valence-corrected chi connectivity index (χ2v) is 4.23. The number of hydrogen-bond acceptors (Lipinski definition) is 2. The summed E-state index contributed by atoms with van der Waals surface area (Å²) in [4.78, 5) is 2.32. The van der Waals surface area contributed by atoms with Crippen LogP contribution >= 0.6 is 0 Å². The Morgan fingerprint density at radius 2 is 2.14 bits per heavy atom. The van der Waals surface area contributed by atoms with Crippen molar-refractivity contribution < 1.29 is 4.74 Å². The second-order valence-electron chi connectivity index (χ2n) is 4.23. The molecule has 1 aromatic carbocycles. The van der Waals surface area contributed by atoms with Crippen molar-refractivity contribution in [3.63, 3.8) is 0 Å². The molecule has 2 heteroatoms. The lowest BCUT2D eigenvalue weighted by Crippen LogP contribution is -2.37. The summed E-state index contributed by atoms with van der Waals surface area (Å²) in [5.74, 6) is 1.06. The molecule has 0 unspecified atom stereocenters. The van der Waals surface area contributed by atoms with Gasteiger partial charge in [0.25, 0.3) is 0 Å². The van der Waals surface area contributed by atoms with Gasteiger partial charge in [-0.25, -0.2) is 0 Å². The molecule has 2 nitrogen and oxygen atoms in total. The van der Waals surface area contributed by atoms with Gasteiger partial charge in [-0.05, 0) is 32.4 Å². The normalized spacial score (nSPS) is 16.6. The maximum absolute atomic E-state index is 5.70. The molecule has 14 heavy (non-hydrogen) atoms. The predicted octanol–water partition coefficient (Wildman–Crippen LogP) is 2.56. The van der Waals surface area contributed by atoms with E-state index < -0.39 is 0 Å². The Bertz CT molecular complexity index is 333. The van der Waals surface area contributed by atoms with Crippen molar-refractivity contribution >= 4 is 0 Å². The van der Waals surface area contributed by atoms with Crippen molar-refractivity contribution in [1.82, 2.24) is 4.90 Å². The molecule has 0 radical (unpaired) electrons. The van der Waals surface area contributed by atoms with E-state index in [4.69, 9.17) is 4.74 Å². The largest absolute Gasteiger partial charge is 0.478 e. The van der Waals surface area contributed by atoms with Crippen LogP contribution < -0.4 is 4.74 Å². The van der Waals surface area contributed by atoms with Crippen molar-refractivity contribution in [3.8, 4) is 5.75 Å². The highest BCUT2D eigenvalue weighted by Gasteiger charge is 2.18. The van der Waals surface area contributed by atoms with Gasteiger partial charge in [0.15, 0.2) is 0 Å². The monoisotopic (exact) mass is 191 g/mol. The molecule has 0 aliphatic carbocycles. The quantitative estimate of drug-likeness (QED) is 0.676. The molecule has 1 aromatic rings. The Hall–Kier alpha value is -1.02.